The first kappa shape index (κ1) is 24.1. The molecule has 0 bridgehead atoms. The van der Waals surface area contributed by atoms with Gasteiger partial charge in [-0.2, -0.15) is 0 Å². The lowest BCUT2D eigenvalue weighted by molar-refractivity contribution is -0.138. The third-order valence-corrected chi connectivity index (χ3v) is 5.36. The maximum atomic E-state index is 12.3. The van der Waals surface area contributed by atoms with Gasteiger partial charge in [0.15, 0.2) is 6.61 Å². The van der Waals surface area contributed by atoms with Crippen molar-refractivity contribution in [2.45, 2.75) is 39.8 Å². The van der Waals surface area contributed by atoms with Crippen LogP contribution in [0.5, 0.6) is 0 Å². The lowest BCUT2D eigenvalue weighted by Crippen LogP contribution is -2.44. The summed E-state index contributed by atoms with van der Waals surface area (Å²) in [5, 5.41) is 1.07. The van der Waals surface area contributed by atoms with E-state index >= 15 is 0 Å². The molecule has 0 aromatic heterocycles. The highest BCUT2D eigenvalue weighted by Gasteiger charge is 2.21. The second kappa shape index (κ2) is 10.8. The Morgan fingerprint density at radius 2 is 1.55 bits per heavy atom. The summed E-state index contributed by atoms with van der Waals surface area (Å²) >= 11 is 0. The van der Waals surface area contributed by atoms with E-state index in [0.29, 0.717) is 5.69 Å². The van der Waals surface area contributed by atoms with Crippen LogP contribution in [0.4, 0.5) is 5.69 Å². The first-order valence-corrected chi connectivity index (χ1v) is 11.5. The molecule has 0 saturated heterocycles. The number of anilines is 1. The number of hydrogen-bond donors (Lipinski definition) is 1. The summed E-state index contributed by atoms with van der Waals surface area (Å²) in [6, 6.07) is 14.8. The van der Waals surface area contributed by atoms with E-state index in [4.69, 9.17) is 4.74 Å². The van der Waals surface area contributed by atoms with Crippen molar-refractivity contribution < 1.29 is 22.7 Å². The Labute approximate surface area is 183 Å². The van der Waals surface area contributed by atoms with Gasteiger partial charge in [-0.25, -0.2) is 13.2 Å². The number of nitrogens with zero attached hydrogens (tertiary/aromatic N) is 1. The number of nitrogens with one attached hydrogen (secondary N) is 1. The number of ether oxygens (including phenoxy) is 1. The lowest BCUT2D eigenvalue weighted by Gasteiger charge is -2.30. The van der Waals surface area contributed by atoms with Gasteiger partial charge in [0.2, 0.25) is 0 Å². The Morgan fingerprint density at radius 3 is 2.10 bits per heavy atom. The molecule has 7 nitrogen and oxygen atoms in total. The van der Waals surface area contributed by atoms with Crippen LogP contribution in [0.15, 0.2) is 60.0 Å². The standard InChI is InChI=1S/C23H28N2O5S/c1-17(2)25(18(3)4)22(26)16-30-23(27)20-10-12-21(13-11-20)24-31(28,29)15-14-19-8-6-5-7-9-19/h5-15,17-18,24H,16H2,1-4H3. The van der Waals surface area contributed by atoms with E-state index < -0.39 is 16.0 Å². The lowest BCUT2D eigenvalue weighted by atomic mass is 10.2. The van der Waals surface area contributed by atoms with Gasteiger partial charge in [-0.1, -0.05) is 30.3 Å². The molecule has 0 saturated carbocycles. The normalized spacial score (nSPS) is 11.7. The van der Waals surface area contributed by atoms with E-state index in [1.165, 1.54) is 30.3 Å². The summed E-state index contributed by atoms with van der Waals surface area (Å²) in [5.41, 5.74) is 1.28. The van der Waals surface area contributed by atoms with Crippen LogP contribution in [-0.2, 0) is 19.6 Å². The van der Waals surface area contributed by atoms with Crippen molar-refractivity contribution in [3.63, 3.8) is 0 Å². The molecule has 0 radical (unpaired) electrons. The highest BCUT2D eigenvalue weighted by atomic mass is 32.2. The molecule has 2 rings (SSSR count). The minimum Gasteiger partial charge on any atom is -0.452 e. The fourth-order valence-electron chi connectivity index (χ4n) is 3.06. The predicted molar refractivity (Wildman–Crippen MR) is 122 cm³/mol. The smallest absolute Gasteiger partial charge is 0.338 e. The van der Waals surface area contributed by atoms with Crippen molar-refractivity contribution >= 4 is 33.7 Å². The minimum atomic E-state index is -3.71. The van der Waals surface area contributed by atoms with Crippen molar-refractivity contribution in [2.24, 2.45) is 0 Å². The number of esters is 1. The second-order valence-electron chi connectivity index (χ2n) is 7.50. The van der Waals surface area contributed by atoms with E-state index in [0.717, 1.165) is 11.0 Å². The molecular formula is C23H28N2O5S. The molecule has 0 spiro atoms. The summed E-state index contributed by atoms with van der Waals surface area (Å²) in [7, 11) is -3.71. The molecule has 0 aliphatic carbocycles. The third-order valence-electron chi connectivity index (χ3n) is 4.35. The quantitative estimate of drug-likeness (QED) is 0.592. The largest absolute Gasteiger partial charge is 0.452 e. The molecule has 0 heterocycles. The maximum Gasteiger partial charge on any atom is 0.338 e. The predicted octanol–water partition coefficient (Wildman–Crippen LogP) is 3.90. The fourth-order valence-corrected chi connectivity index (χ4v) is 3.93. The molecule has 8 heteroatoms. The molecule has 0 aliphatic rings. The van der Waals surface area contributed by atoms with Crippen LogP contribution >= 0.6 is 0 Å². The highest BCUT2D eigenvalue weighted by molar-refractivity contribution is 7.95. The third kappa shape index (κ3) is 7.57. The topological polar surface area (TPSA) is 92.8 Å². The van der Waals surface area contributed by atoms with Crippen LogP contribution in [0.1, 0.15) is 43.6 Å². The van der Waals surface area contributed by atoms with Crippen molar-refractivity contribution in [3.8, 4) is 0 Å². The van der Waals surface area contributed by atoms with Crippen LogP contribution in [0.3, 0.4) is 0 Å². The molecular weight excluding hydrogens is 416 g/mol. The molecule has 0 atom stereocenters. The van der Waals surface area contributed by atoms with Crippen molar-refractivity contribution in [3.05, 3.63) is 71.1 Å². The molecule has 1 N–H and O–H groups in total. The minimum absolute atomic E-state index is 0.00514. The van der Waals surface area contributed by atoms with Gasteiger partial charge in [-0.15, -0.1) is 0 Å². The second-order valence-corrected chi connectivity index (χ2v) is 9.07. The van der Waals surface area contributed by atoms with Gasteiger partial charge in [0.05, 0.1) is 11.0 Å². The zero-order valence-electron chi connectivity index (χ0n) is 18.1. The fraction of sp³-hybridized carbons (Fsp3) is 0.304. The summed E-state index contributed by atoms with van der Waals surface area (Å²) in [6.07, 6.45) is 1.49. The monoisotopic (exact) mass is 444 g/mol. The Hall–Kier alpha value is -3.13. The summed E-state index contributed by atoms with van der Waals surface area (Å²) in [6.45, 7) is 7.24. The first-order valence-electron chi connectivity index (χ1n) is 9.93. The van der Waals surface area contributed by atoms with Crippen molar-refractivity contribution in [2.75, 3.05) is 11.3 Å². The van der Waals surface area contributed by atoms with E-state index in [-0.39, 0.29) is 30.2 Å². The highest BCUT2D eigenvalue weighted by Crippen LogP contribution is 2.14. The molecule has 2 aromatic carbocycles. The Bertz CT molecular complexity index is 1010. The van der Waals surface area contributed by atoms with Gasteiger partial charge in [0.1, 0.15) is 0 Å². The van der Waals surface area contributed by atoms with Gasteiger partial charge in [-0.05, 0) is 63.6 Å². The van der Waals surface area contributed by atoms with Crippen molar-refractivity contribution in [1.82, 2.24) is 4.90 Å². The van der Waals surface area contributed by atoms with Gasteiger partial charge in [-0.3, -0.25) is 9.52 Å². The molecule has 0 unspecified atom stereocenters. The SMILES string of the molecule is CC(C)N(C(=O)COC(=O)c1ccc(NS(=O)(=O)C=Cc2ccccc2)cc1)C(C)C. The summed E-state index contributed by atoms with van der Waals surface area (Å²) in [4.78, 5) is 26.2. The van der Waals surface area contributed by atoms with Crippen LogP contribution in [0.2, 0.25) is 0 Å². The number of amides is 1. The van der Waals surface area contributed by atoms with E-state index in [1.807, 2.05) is 45.9 Å². The summed E-state index contributed by atoms with van der Waals surface area (Å²) < 4.78 is 32.0. The van der Waals surface area contributed by atoms with E-state index in [2.05, 4.69) is 4.72 Å². The zero-order chi connectivity index (χ0) is 23.0. The average Bonchev–Trinajstić information content (AvgIpc) is 2.71. The van der Waals surface area contributed by atoms with E-state index in [9.17, 15) is 18.0 Å². The van der Waals surface area contributed by atoms with Gasteiger partial charge >= 0.3 is 5.97 Å². The van der Waals surface area contributed by atoms with Gasteiger partial charge in [0.25, 0.3) is 15.9 Å². The zero-order valence-corrected chi connectivity index (χ0v) is 18.9. The number of carbonyl (C=O) groups is 2. The Kier molecular flexibility index (Phi) is 8.38. The average molecular weight is 445 g/mol. The summed E-state index contributed by atoms with van der Waals surface area (Å²) in [5.74, 6) is -0.924. The van der Waals surface area contributed by atoms with E-state index in [1.54, 1.807) is 17.0 Å². The molecule has 166 valence electrons. The first-order chi connectivity index (χ1) is 14.6. The molecule has 31 heavy (non-hydrogen) atoms. The van der Waals surface area contributed by atoms with Crippen LogP contribution in [-0.4, -0.2) is 43.9 Å². The molecule has 1 amide bonds. The molecule has 0 fully saturated rings. The number of benzene rings is 2. The van der Waals surface area contributed by atoms with Gasteiger partial charge < -0.3 is 9.64 Å². The van der Waals surface area contributed by atoms with Crippen LogP contribution in [0.25, 0.3) is 6.08 Å². The number of sulfonamides is 1. The van der Waals surface area contributed by atoms with Crippen molar-refractivity contribution in [1.29, 1.82) is 0 Å². The Balaban J connectivity index is 1.95. The molecule has 2 aromatic rings. The number of hydrogen-bond acceptors (Lipinski definition) is 5. The van der Waals surface area contributed by atoms with Crippen LogP contribution in [0, 0.1) is 0 Å². The van der Waals surface area contributed by atoms with Gasteiger partial charge in [0, 0.05) is 17.8 Å². The Morgan fingerprint density at radius 1 is 0.968 bits per heavy atom. The maximum absolute atomic E-state index is 12.3. The number of rotatable bonds is 9. The molecule has 0 aliphatic heterocycles. The van der Waals surface area contributed by atoms with Crippen LogP contribution < -0.4 is 4.72 Å². The number of carbonyl (C=O) groups excluding carboxylic acids is 2.